The monoisotopic (exact) mass is 521 g/mol. The zero-order chi connectivity index (χ0) is 26.8. The molecule has 38 heavy (non-hydrogen) atoms. The van der Waals surface area contributed by atoms with Crippen LogP contribution in [0.15, 0.2) is 54.7 Å². The van der Waals surface area contributed by atoms with Crippen LogP contribution in [0.1, 0.15) is 26.3 Å². The van der Waals surface area contributed by atoms with Crippen LogP contribution in [0.5, 0.6) is 11.5 Å². The molecule has 8 nitrogen and oxygen atoms in total. The molecule has 0 radical (unpaired) electrons. The molecule has 0 aliphatic carbocycles. The van der Waals surface area contributed by atoms with Gasteiger partial charge in [-0.2, -0.15) is 0 Å². The van der Waals surface area contributed by atoms with Gasteiger partial charge in [-0.3, -0.25) is 9.59 Å². The molecule has 2 heterocycles. The van der Waals surface area contributed by atoms with Crippen LogP contribution in [-0.2, 0) is 6.42 Å². The zero-order valence-corrected chi connectivity index (χ0v) is 20.4. The topological polar surface area (TPSA) is 113 Å². The maximum atomic E-state index is 14.4. The summed E-state index contributed by atoms with van der Waals surface area (Å²) >= 11 is 0. The number of nitrogens with one attached hydrogen (secondary N) is 3. The molecule has 3 aromatic carbocycles. The van der Waals surface area contributed by atoms with Crippen LogP contribution >= 0.6 is 0 Å². The van der Waals surface area contributed by atoms with Crippen molar-refractivity contribution in [3.05, 3.63) is 83.1 Å². The first-order valence-electron chi connectivity index (χ1n) is 12.0. The summed E-state index contributed by atoms with van der Waals surface area (Å²) in [6.07, 6.45) is 2.00. The quantitative estimate of drug-likeness (QED) is 0.297. The van der Waals surface area contributed by atoms with Crippen LogP contribution in [0.2, 0.25) is 0 Å². The molecule has 1 unspecified atom stereocenters. The van der Waals surface area contributed by atoms with Crippen molar-refractivity contribution in [3.63, 3.8) is 0 Å². The van der Waals surface area contributed by atoms with E-state index in [1.807, 2.05) is 0 Å². The molecule has 5 rings (SSSR count). The molecule has 1 atom stereocenters. The average molecular weight is 522 g/mol. The van der Waals surface area contributed by atoms with Gasteiger partial charge in [0, 0.05) is 29.7 Å². The Labute approximate surface area is 216 Å². The maximum absolute atomic E-state index is 14.4. The van der Waals surface area contributed by atoms with Crippen molar-refractivity contribution in [1.82, 2.24) is 15.6 Å². The van der Waals surface area contributed by atoms with Crippen molar-refractivity contribution in [2.45, 2.75) is 12.5 Å². The van der Waals surface area contributed by atoms with Crippen LogP contribution < -0.4 is 20.1 Å². The third-order valence-electron chi connectivity index (χ3n) is 6.36. The highest BCUT2D eigenvalue weighted by Crippen LogP contribution is 2.39. The fourth-order valence-corrected chi connectivity index (χ4v) is 4.54. The standard InChI is InChI=1S/C28H25F2N3O5/c1-31-27(35)17-6-15(7-20(30)8-17)16-10-23(26-25(11-16)37-4-5-38-26)28(36)33-21(14-34)9-18-13-32-24-12-19(29)2-3-22(18)24/h2-3,6-8,10-13,21,32,34H,4-5,9,14H2,1H3,(H,31,35)(H,33,36). The second-order valence-corrected chi connectivity index (χ2v) is 8.92. The van der Waals surface area contributed by atoms with E-state index < -0.39 is 23.7 Å². The third kappa shape index (κ3) is 5.03. The number of aliphatic hydroxyl groups excluding tert-OH is 1. The number of fused-ring (bicyclic) bond motifs is 2. The number of ether oxygens (including phenoxy) is 2. The van der Waals surface area contributed by atoms with E-state index in [4.69, 9.17) is 9.47 Å². The van der Waals surface area contributed by atoms with Gasteiger partial charge >= 0.3 is 0 Å². The summed E-state index contributed by atoms with van der Waals surface area (Å²) in [4.78, 5) is 28.6. The Morgan fingerprint density at radius 2 is 1.79 bits per heavy atom. The highest BCUT2D eigenvalue weighted by atomic mass is 19.1. The number of carbonyl (C=O) groups excluding carboxylic acids is 2. The summed E-state index contributed by atoms with van der Waals surface area (Å²) in [6, 6.07) is 10.8. The molecule has 2 amide bonds. The molecule has 0 spiro atoms. The van der Waals surface area contributed by atoms with Crippen LogP contribution in [0.25, 0.3) is 22.0 Å². The van der Waals surface area contributed by atoms with Gasteiger partial charge in [-0.25, -0.2) is 8.78 Å². The summed E-state index contributed by atoms with van der Waals surface area (Å²) < 4.78 is 39.4. The molecular formula is C28H25F2N3O5. The van der Waals surface area contributed by atoms with Crippen molar-refractivity contribution < 1.29 is 33.0 Å². The van der Waals surface area contributed by atoms with Gasteiger partial charge in [0.25, 0.3) is 11.8 Å². The van der Waals surface area contributed by atoms with Crippen LogP contribution in [0.3, 0.4) is 0 Å². The minimum Gasteiger partial charge on any atom is -0.486 e. The predicted octanol–water partition coefficient (Wildman–Crippen LogP) is 3.58. The predicted molar refractivity (Wildman–Crippen MR) is 137 cm³/mol. The Hall–Kier alpha value is -4.44. The molecule has 0 bridgehead atoms. The number of aromatic nitrogens is 1. The zero-order valence-electron chi connectivity index (χ0n) is 20.4. The van der Waals surface area contributed by atoms with E-state index in [2.05, 4.69) is 15.6 Å². The molecule has 1 aliphatic heterocycles. The number of aromatic amines is 1. The van der Waals surface area contributed by atoms with Crippen molar-refractivity contribution >= 4 is 22.7 Å². The van der Waals surface area contributed by atoms with Gasteiger partial charge in [-0.1, -0.05) is 0 Å². The maximum Gasteiger partial charge on any atom is 0.255 e. The summed E-state index contributed by atoms with van der Waals surface area (Å²) in [7, 11) is 1.45. The summed E-state index contributed by atoms with van der Waals surface area (Å²) in [6.45, 7) is 0.158. The number of carbonyl (C=O) groups is 2. The molecule has 1 aromatic heterocycles. The van der Waals surface area contributed by atoms with E-state index in [1.54, 1.807) is 18.3 Å². The molecule has 0 saturated carbocycles. The van der Waals surface area contributed by atoms with Gasteiger partial charge in [0.05, 0.1) is 18.2 Å². The van der Waals surface area contributed by atoms with Crippen molar-refractivity contribution in [1.29, 1.82) is 0 Å². The lowest BCUT2D eigenvalue weighted by atomic mass is 9.98. The Morgan fingerprint density at radius 3 is 2.58 bits per heavy atom. The van der Waals surface area contributed by atoms with Crippen LogP contribution in [0.4, 0.5) is 8.78 Å². The van der Waals surface area contributed by atoms with Crippen LogP contribution in [-0.4, -0.2) is 54.8 Å². The third-order valence-corrected chi connectivity index (χ3v) is 6.36. The second kappa shape index (κ2) is 10.5. The van der Waals surface area contributed by atoms with Crippen LogP contribution in [0, 0.1) is 11.6 Å². The summed E-state index contributed by atoms with van der Waals surface area (Å²) in [5.74, 6) is -1.41. The molecule has 4 N–H and O–H groups in total. The first-order valence-corrected chi connectivity index (χ1v) is 12.0. The Balaban J connectivity index is 1.46. The highest BCUT2D eigenvalue weighted by molar-refractivity contribution is 6.00. The number of hydrogen-bond donors (Lipinski definition) is 4. The van der Waals surface area contributed by atoms with Gasteiger partial charge in [0.2, 0.25) is 0 Å². The molecule has 0 saturated heterocycles. The van der Waals surface area contributed by atoms with Gasteiger partial charge in [-0.15, -0.1) is 0 Å². The minimum atomic E-state index is -0.663. The fraction of sp³-hybridized carbons (Fsp3) is 0.214. The largest absolute Gasteiger partial charge is 0.486 e. The fourth-order valence-electron chi connectivity index (χ4n) is 4.54. The molecular weight excluding hydrogens is 496 g/mol. The lowest BCUT2D eigenvalue weighted by Crippen LogP contribution is -2.39. The molecule has 196 valence electrons. The summed E-state index contributed by atoms with van der Waals surface area (Å²) in [5, 5.41) is 16.1. The number of H-pyrrole nitrogens is 1. The Morgan fingerprint density at radius 1 is 1.00 bits per heavy atom. The van der Waals surface area contributed by atoms with E-state index in [-0.39, 0.29) is 48.9 Å². The lowest BCUT2D eigenvalue weighted by Gasteiger charge is -2.23. The Bertz CT molecular complexity index is 1530. The number of amides is 2. The highest BCUT2D eigenvalue weighted by Gasteiger charge is 2.25. The number of aliphatic hydroxyl groups is 1. The van der Waals surface area contributed by atoms with Crippen molar-refractivity contribution in [3.8, 4) is 22.6 Å². The van der Waals surface area contributed by atoms with E-state index in [0.29, 0.717) is 22.4 Å². The average Bonchev–Trinajstić information content (AvgIpc) is 3.32. The first kappa shape index (κ1) is 25.2. The molecule has 1 aliphatic rings. The van der Waals surface area contributed by atoms with Crippen molar-refractivity contribution in [2.24, 2.45) is 0 Å². The van der Waals surface area contributed by atoms with Crippen molar-refractivity contribution in [2.75, 3.05) is 26.9 Å². The van der Waals surface area contributed by atoms with Gasteiger partial charge in [0.15, 0.2) is 11.5 Å². The number of hydrogen-bond acceptors (Lipinski definition) is 5. The minimum absolute atomic E-state index is 0.127. The normalized spacial score (nSPS) is 13.3. The number of halogens is 2. The molecule has 4 aromatic rings. The SMILES string of the molecule is CNC(=O)c1cc(F)cc(-c2cc3c(c(C(=O)NC(CO)Cc4c[nH]c5cc(F)ccc45)c2)OCCO3)c1. The first-order chi connectivity index (χ1) is 18.4. The van der Waals surface area contributed by atoms with E-state index in [0.717, 1.165) is 17.0 Å². The number of benzene rings is 3. The van der Waals surface area contributed by atoms with Gasteiger partial charge in [0.1, 0.15) is 24.8 Å². The molecule has 10 heteroatoms. The second-order valence-electron chi connectivity index (χ2n) is 8.92. The van der Waals surface area contributed by atoms with E-state index >= 15 is 0 Å². The van der Waals surface area contributed by atoms with E-state index in [1.165, 1.54) is 37.4 Å². The Kier molecular flexibility index (Phi) is 6.97. The summed E-state index contributed by atoms with van der Waals surface area (Å²) in [5.41, 5.74) is 2.50. The van der Waals surface area contributed by atoms with Gasteiger partial charge in [-0.05, 0) is 71.6 Å². The lowest BCUT2D eigenvalue weighted by molar-refractivity contribution is 0.0904. The van der Waals surface area contributed by atoms with E-state index in [9.17, 15) is 23.5 Å². The smallest absolute Gasteiger partial charge is 0.255 e. The molecule has 0 fully saturated rings. The number of rotatable bonds is 7. The van der Waals surface area contributed by atoms with Gasteiger partial charge < -0.3 is 30.2 Å².